The fourth-order valence-electron chi connectivity index (χ4n) is 8.09. The van der Waals surface area contributed by atoms with E-state index in [9.17, 15) is 18.8 Å². The van der Waals surface area contributed by atoms with Crippen molar-refractivity contribution in [3.05, 3.63) is 208 Å². The molecule has 3 amide bonds. The van der Waals surface area contributed by atoms with Gasteiger partial charge in [0.2, 0.25) is 0 Å². The van der Waals surface area contributed by atoms with Crippen molar-refractivity contribution in [3.63, 3.8) is 0 Å². The summed E-state index contributed by atoms with van der Waals surface area (Å²) in [5, 5.41) is 37.4. The summed E-state index contributed by atoms with van der Waals surface area (Å²) >= 11 is 11.1. The van der Waals surface area contributed by atoms with Crippen LogP contribution < -0.4 is 31.7 Å². The predicted octanol–water partition coefficient (Wildman–Crippen LogP) is 11.9. The number of carbonyl (C=O) groups excluding carboxylic acids is 3. The number of anilines is 4. The summed E-state index contributed by atoms with van der Waals surface area (Å²) in [7, 11) is 1.38. The molecule has 0 saturated carbocycles. The van der Waals surface area contributed by atoms with Gasteiger partial charge in [0.05, 0.1) is 46.7 Å². The molecule has 0 saturated heterocycles. The largest absolute Gasteiger partial charge is 0.494 e. The number of rotatable bonds is 17. The van der Waals surface area contributed by atoms with Crippen LogP contribution in [0.5, 0.6) is 5.75 Å². The molecule has 0 unspecified atom stereocenters. The lowest BCUT2D eigenvalue weighted by atomic mass is 10.1. The van der Waals surface area contributed by atoms with Gasteiger partial charge in [-0.1, -0.05) is 42.5 Å². The molecule has 21 nitrogen and oxygen atoms in total. The van der Waals surface area contributed by atoms with E-state index in [2.05, 4.69) is 81.8 Å². The van der Waals surface area contributed by atoms with Gasteiger partial charge in [-0.05, 0) is 121 Å². The second-order valence-electron chi connectivity index (χ2n) is 18.1. The van der Waals surface area contributed by atoms with E-state index < -0.39 is 11.7 Å². The van der Waals surface area contributed by atoms with Crippen LogP contribution in [0, 0.1) is 12.7 Å². The molecule has 9 N–H and O–H groups in total. The number of nitrogens with zero attached hydrogens (tertiary/aromatic N) is 9. The van der Waals surface area contributed by atoms with E-state index in [1.54, 1.807) is 84.2 Å². The van der Waals surface area contributed by atoms with E-state index in [0.29, 0.717) is 50.3 Å². The zero-order chi connectivity index (χ0) is 59.1. The molecule has 426 valence electrons. The number of thiocarbonyl (C=S) groups is 1. The summed E-state index contributed by atoms with van der Waals surface area (Å²) in [6.45, 7) is 1.99. The second kappa shape index (κ2) is 28.1. The van der Waals surface area contributed by atoms with E-state index >= 15 is 0 Å². The Morgan fingerprint density at radius 3 is 1.38 bits per heavy atom. The SMILES string of the molecule is COc1ccc(C(=O)Nc2cccc(CSc3ncnc4[nH]ncc34)c2)cc1F.Cc1ccc(C(=O)Nc2cccc(CSc3ncnc4[nH]ncc34)c2)s1.NC(=S)Nc1cccc(C(=O)Nc2cccc(CSc3ncnc4[nH]ncc34)c2)c1. The fourth-order valence-corrected chi connectivity index (χ4v) is 11.7. The first-order chi connectivity index (χ1) is 41.4. The molecule has 0 atom stereocenters. The van der Waals surface area contributed by atoms with Crippen LogP contribution in [0.1, 0.15) is 52.0 Å². The maximum Gasteiger partial charge on any atom is 0.265 e. The normalized spacial score (nSPS) is 10.8. The number of aromatic amines is 3. The summed E-state index contributed by atoms with van der Waals surface area (Å²) in [6, 6.07) is 37.9. The lowest BCUT2D eigenvalue weighted by Crippen LogP contribution is -2.19. The highest BCUT2D eigenvalue weighted by atomic mass is 32.2. The lowest BCUT2D eigenvalue weighted by Gasteiger charge is -2.09. The molecule has 0 radical (unpaired) electrons. The number of aromatic nitrogens is 12. The molecule has 12 aromatic rings. The van der Waals surface area contributed by atoms with Gasteiger partial charge in [0.25, 0.3) is 17.7 Å². The van der Waals surface area contributed by atoms with E-state index in [-0.39, 0.29) is 28.2 Å². The molecule has 7 aromatic heterocycles. The molecular weight excluding hydrogens is 1180 g/mol. The number of fused-ring (bicyclic) bond motifs is 3. The maximum absolute atomic E-state index is 13.8. The topological polar surface area (TPSA) is 298 Å². The van der Waals surface area contributed by atoms with Crippen LogP contribution >= 0.6 is 58.8 Å². The van der Waals surface area contributed by atoms with E-state index in [1.165, 1.54) is 49.6 Å². The Bertz CT molecular complexity index is 4350. The zero-order valence-electron chi connectivity index (χ0n) is 44.9. The molecule has 27 heteroatoms. The van der Waals surface area contributed by atoms with Gasteiger partial charge in [0.1, 0.15) is 34.1 Å². The highest BCUT2D eigenvalue weighted by molar-refractivity contribution is 7.99. The molecule has 0 bridgehead atoms. The van der Waals surface area contributed by atoms with Crippen LogP contribution in [0.15, 0.2) is 180 Å². The smallest absolute Gasteiger partial charge is 0.265 e. The number of nitrogens with two attached hydrogens (primary N) is 1. The van der Waals surface area contributed by atoms with Gasteiger partial charge in [-0.2, -0.15) is 15.3 Å². The van der Waals surface area contributed by atoms with Crippen LogP contribution in [0.25, 0.3) is 33.1 Å². The number of H-pyrrole nitrogens is 3. The molecule has 0 aliphatic carbocycles. The van der Waals surface area contributed by atoms with Crippen LogP contribution in [-0.2, 0) is 17.3 Å². The highest BCUT2D eigenvalue weighted by Gasteiger charge is 2.15. The van der Waals surface area contributed by atoms with Crippen LogP contribution in [0.4, 0.5) is 27.1 Å². The number of hydrogen-bond acceptors (Lipinski definition) is 18. The number of hydrogen-bond donors (Lipinski definition) is 8. The standard InChI is InChI=1S/C20H16FN5O2S.C20H17N7OS2.C18H15N5OS2/c1-28-17-6-5-13(8-16(17)21)19(27)25-14-4-2-3-12(7-14)10-29-20-15-9-24-26-18(15)22-11-23-20;21-20(29)26-15-6-2-4-13(8-15)18(28)25-14-5-1-3-12(7-14)10-30-19-16-9-24-27-17(16)22-11-23-19;1-11-5-6-15(26-11)17(24)22-13-4-2-3-12(7-13)9-25-18-14-8-21-23-16(14)19-10-20-18/h2-9,11H,10H2,1H3,(H,25,27)(H,22,23,24,26);1-9,11H,10H2,(H,25,28)(H3,21,26,29)(H,22,23,24,27);2-8,10H,9H2,1H3,(H,22,24)(H,19,20,21,23). The third kappa shape index (κ3) is 15.7. The van der Waals surface area contributed by atoms with Gasteiger partial charge in [-0.25, -0.2) is 34.3 Å². The quantitative estimate of drug-likeness (QED) is 0.0239. The van der Waals surface area contributed by atoms with Crippen molar-refractivity contribution in [2.75, 3.05) is 28.4 Å². The predicted molar refractivity (Wildman–Crippen MR) is 336 cm³/mol. The molecule has 0 spiro atoms. The van der Waals surface area contributed by atoms with Crippen molar-refractivity contribution in [2.24, 2.45) is 5.73 Å². The molecule has 7 heterocycles. The van der Waals surface area contributed by atoms with Crippen molar-refractivity contribution in [1.29, 1.82) is 0 Å². The number of thioether (sulfide) groups is 3. The number of thiophene rings is 1. The fraction of sp³-hybridized carbons (Fsp3) is 0.0862. The Morgan fingerprint density at radius 2 is 0.965 bits per heavy atom. The summed E-state index contributed by atoms with van der Waals surface area (Å²) in [5.74, 6) is 0.891. The molecule has 12 rings (SSSR count). The van der Waals surface area contributed by atoms with Gasteiger partial charge in [0.15, 0.2) is 33.6 Å². The van der Waals surface area contributed by atoms with E-state index in [1.807, 2.05) is 85.8 Å². The van der Waals surface area contributed by atoms with Crippen LogP contribution in [0.3, 0.4) is 0 Å². The highest BCUT2D eigenvalue weighted by Crippen LogP contribution is 2.31. The van der Waals surface area contributed by atoms with Crippen molar-refractivity contribution in [2.45, 2.75) is 39.3 Å². The second-order valence-corrected chi connectivity index (χ2v) is 22.7. The Morgan fingerprint density at radius 1 is 0.541 bits per heavy atom. The van der Waals surface area contributed by atoms with E-state index in [0.717, 1.165) is 76.0 Å². The van der Waals surface area contributed by atoms with Crippen LogP contribution in [0.2, 0.25) is 0 Å². The minimum atomic E-state index is -0.583. The first-order valence-corrected chi connectivity index (χ1v) is 29.7. The molecular formula is C58H48FN17O4S5. The number of benzene rings is 5. The first kappa shape index (κ1) is 58.5. The van der Waals surface area contributed by atoms with Gasteiger partial charge in [-0.3, -0.25) is 29.7 Å². The summed E-state index contributed by atoms with van der Waals surface area (Å²) in [6.07, 6.45) is 9.68. The zero-order valence-corrected chi connectivity index (χ0v) is 48.9. The summed E-state index contributed by atoms with van der Waals surface area (Å²) < 4.78 is 18.7. The Balaban J connectivity index is 0.000000142. The molecule has 5 aromatic carbocycles. The van der Waals surface area contributed by atoms with Gasteiger partial charge in [-0.15, -0.1) is 46.6 Å². The Kier molecular flexibility index (Phi) is 19.3. The van der Waals surface area contributed by atoms with Gasteiger partial charge < -0.3 is 31.7 Å². The van der Waals surface area contributed by atoms with Crippen molar-refractivity contribution in [3.8, 4) is 5.75 Å². The molecule has 85 heavy (non-hydrogen) atoms. The van der Waals surface area contributed by atoms with Crippen molar-refractivity contribution >= 4 is 138 Å². The van der Waals surface area contributed by atoms with Crippen LogP contribution in [-0.4, -0.2) is 90.4 Å². The van der Waals surface area contributed by atoms with Gasteiger partial charge in [0, 0.05) is 56.0 Å². The number of ether oxygens (including phenoxy) is 1. The number of amides is 3. The molecule has 0 aliphatic heterocycles. The third-order valence-electron chi connectivity index (χ3n) is 12.1. The Hall–Kier alpha value is -9.67. The average molecular weight is 1230 g/mol. The first-order valence-electron chi connectivity index (χ1n) is 25.5. The van der Waals surface area contributed by atoms with Gasteiger partial charge >= 0.3 is 0 Å². The third-order valence-corrected chi connectivity index (χ3v) is 16.4. The number of aryl methyl sites for hydroxylation is 1. The summed E-state index contributed by atoms with van der Waals surface area (Å²) in [5.41, 5.74) is 14.3. The number of carbonyl (C=O) groups is 3. The number of nitrogens with one attached hydrogen (secondary N) is 7. The van der Waals surface area contributed by atoms with Crippen molar-refractivity contribution in [1.82, 2.24) is 60.5 Å². The Labute approximate surface area is 505 Å². The number of methoxy groups -OCH3 is 1. The van der Waals surface area contributed by atoms with Crippen molar-refractivity contribution < 1.29 is 23.5 Å². The minimum absolute atomic E-state index is 0.0798. The molecule has 0 fully saturated rings. The minimum Gasteiger partial charge on any atom is -0.494 e. The molecule has 0 aliphatic rings. The summed E-state index contributed by atoms with van der Waals surface area (Å²) in [4.78, 5) is 64.6. The maximum atomic E-state index is 13.8. The van der Waals surface area contributed by atoms with E-state index in [4.69, 9.17) is 22.7 Å². The monoisotopic (exact) mass is 1230 g/mol. The lowest BCUT2D eigenvalue weighted by molar-refractivity contribution is 0.101. The number of halogens is 1. The average Bonchev–Trinajstić information content (AvgIpc) is 4.60.